The molecule has 1 amide bonds. The number of nitrogens with one attached hydrogen (secondary N) is 2. The molecule has 1 heterocycles. The monoisotopic (exact) mass is 296 g/mol. The average molecular weight is 297 g/mol. The van der Waals surface area contributed by atoms with Crippen LogP contribution in [0.5, 0.6) is 0 Å². The van der Waals surface area contributed by atoms with Crippen molar-refractivity contribution >= 4 is 23.2 Å². The van der Waals surface area contributed by atoms with Gasteiger partial charge in [0.2, 0.25) is 5.82 Å². The molecule has 7 heteroatoms. The van der Waals surface area contributed by atoms with Crippen LogP contribution in [0.3, 0.4) is 0 Å². The molecule has 0 saturated heterocycles. The number of hydrogen-bond acceptors (Lipinski definition) is 3. The highest BCUT2D eigenvalue weighted by atomic mass is 35.5. The Kier molecular flexibility index (Phi) is 3.76. The van der Waals surface area contributed by atoms with Gasteiger partial charge in [0, 0.05) is 11.1 Å². The molecular weight excluding hydrogens is 283 g/mol. The van der Waals surface area contributed by atoms with Crippen molar-refractivity contribution in [2.45, 2.75) is 26.2 Å². The van der Waals surface area contributed by atoms with Crippen molar-refractivity contribution in [2.24, 2.45) is 0 Å². The van der Waals surface area contributed by atoms with E-state index in [4.69, 9.17) is 11.6 Å². The molecule has 0 atom stereocenters. The van der Waals surface area contributed by atoms with Crippen molar-refractivity contribution in [1.82, 2.24) is 15.2 Å². The van der Waals surface area contributed by atoms with Crippen molar-refractivity contribution < 1.29 is 9.18 Å². The lowest BCUT2D eigenvalue weighted by molar-refractivity contribution is 0.101. The SMILES string of the molecule is CC(C)(C)c1nc(C(=O)Nc2ccc(Cl)c(F)c2)n[nH]1. The van der Waals surface area contributed by atoms with Crippen LogP contribution in [0.15, 0.2) is 18.2 Å². The minimum Gasteiger partial charge on any atom is -0.319 e. The van der Waals surface area contributed by atoms with E-state index in [1.165, 1.54) is 12.1 Å². The zero-order valence-corrected chi connectivity index (χ0v) is 12.0. The summed E-state index contributed by atoms with van der Waals surface area (Å²) in [5.74, 6) is -0.511. The molecule has 0 aliphatic heterocycles. The molecule has 5 nitrogen and oxygen atoms in total. The maximum absolute atomic E-state index is 13.3. The Labute approximate surface area is 120 Å². The second-order valence-corrected chi connectivity index (χ2v) is 5.75. The van der Waals surface area contributed by atoms with Crippen LogP contribution < -0.4 is 5.32 Å². The van der Waals surface area contributed by atoms with Crippen LogP contribution in [0.1, 0.15) is 37.2 Å². The van der Waals surface area contributed by atoms with E-state index in [0.29, 0.717) is 11.5 Å². The van der Waals surface area contributed by atoms with E-state index in [0.717, 1.165) is 6.07 Å². The summed E-state index contributed by atoms with van der Waals surface area (Å²) < 4.78 is 13.3. The summed E-state index contributed by atoms with van der Waals surface area (Å²) in [4.78, 5) is 16.1. The van der Waals surface area contributed by atoms with E-state index >= 15 is 0 Å². The van der Waals surface area contributed by atoms with Crippen molar-refractivity contribution in [1.29, 1.82) is 0 Å². The van der Waals surface area contributed by atoms with E-state index in [1.807, 2.05) is 20.8 Å². The summed E-state index contributed by atoms with van der Waals surface area (Å²) in [5.41, 5.74) is 0.0526. The van der Waals surface area contributed by atoms with Gasteiger partial charge in [0.25, 0.3) is 5.91 Å². The fourth-order valence-electron chi connectivity index (χ4n) is 1.46. The first-order valence-electron chi connectivity index (χ1n) is 5.96. The Hall–Kier alpha value is -1.95. The summed E-state index contributed by atoms with van der Waals surface area (Å²) >= 11 is 5.57. The van der Waals surface area contributed by atoms with Gasteiger partial charge in [0.15, 0.2) is 0 Å². The zero-order valence-electron chi connectivity index (χ0n) is 11.3. The molecule has 2 N–H and O–H groups in total. The predicted molar refractivity (Wildman–Crippen MR) is 74.4 cm³/mol. The standard InChI is InChI=1S/C13H14ClFN4O/c1-13(2,3)12-17-10(18-19-12)11(20)16-7-4-5-8(14)9(15)6-7/h4-6H,1-3H3,(H,16,20)(H,17,18,19). The molecule has 0 bridgehead atoms. The lowest BCUT2D eigenvalue weighted by Crippen LogP contribution is -2.16. The Morgan fingerprint density at radius 1 is 1.40 bits per heavy atom. The minimum absolute atomic E-state index is 0.00378. The van der Waals surface area contributed by atoms with E-state index in [-0.39, 0.29) is 16.3 Å². The number of carbonyl (C=O) groups is 1. The lowest BCUT2D eigenvalue weighted by Gasteiger charge is -2.12. The molecule has 0 spiro atoms. The van der Waals surface area contributed by atoms with Gasteiger partial charge in [-0.3, -0.25) is 9.89 Å². The third kappa shape index (κ3) is 3.14. The fraction of sp³-hybridized carbons (Fsp3) is 0.308. The molecule has 2 rings (SSSR count). The van der Waals surface area contributed by atoms with E-state index in [9.17, 15) is 9.18 Å². The highest BCUT2D eigenvalue weighted by molar-refractivity contribution is 6.30. The van der Waals surface area contributed by atoms with Gasteiger partial charge < -0.3 is 5.32 Å². The number of anilines is 1. The zero-order chi connectivity index (χ0) is 14.9. The van der Waals surface area contributed by atoms with E-state index in [2.05, 4.69) is 20.5 Å². The van der Waals surface area contributed by atoms with E-state index < -0.39 is 11.7 Å². The first-order chi connectivity index (χ1) is 9.27. The maximum Gasteiger partial charge on any atom is 0.295 e. The number of hydrogen-bond donors (Lipinski definition) is 2. The third-order valence-corrected chi connectivity index (χ3v) is 2.88. The molecule has 0 fully saturated rings. The molecule has 0 unspecified atom stereocenters. The van der Waals surface area contributed by atoms with Gasteiger partial charge in [-0.25, -0.2) is 9.37 Å². The van der Waals surface area contributed by atoms with Gasteiger partial charge in [-0.05, 0) is 18.2 Å². The van der Waals surface area contributed by atoms with Gasteiger partial charge in [0.05, 0.1) is 5.02 Å². The Morgan fingerprint density at radius 2 is 2.10 bits per heavy atom. The summed E-state index contributed by atoms with van der Waals surface area (Å²) in [6.45, 7) is 5.84. The number of H-pyrrole nitrogens is 1. The molecule has 0 aliphatic rings. The molecular formula is C13H14ClFN4O. The number of rotatable bonds is 2. The van der Waals surface area contributed by atoms with Gasteiger partial charge >= 0.3 is 0 Å². The van der Waals surface area contributed by atoms with Crippen LogP contribution in [-0.2, 0) is 5.41 Å². The Morgan fingerprint density at radius 3 is 2.65 bits per heavy atom. The second-order valence-electron chi connectivity index (χ2n) is 5.34. The Bertz CT molecular complexity index is 648. The molecule has 0 radical (unpaired) electrons. The second kappa shape index (κ2) is 5.20. The number of nitrogens with zero attached hydrogens (tertiary/aromatic N) is 2. The Balaban J connectivity index is 2.16. The van der Waals surface area contributed by atoms with Crippen molar-refractivity contribution in [3.63, 3.8) is 0 Å². The number of aromatic amines is 1. The molecule has 1 aromatic heterocycles. The largest absolute Gasteiger partial charge is 0.319 e. The van der Waals surface area contributed by atoms with Gasteiger partial charge in [-0.15, -0.1) is 5.10 Å². The maximum atomic E-state index is 13.3. The van der Waals surface area contributed by atoms with E-state index in [1.54, 1.807) is 0 Å². The number of benzene rings is 1. The first-order valence-corrected chi connectivity index (χ1v) is 6.34. The van der Waals surface area contributed by atoms with Crippen LogP contribution in [0.25, 0.3) is 0 Å². The quantitative estimate of drug-likeness (QED) is 0.894. The predicted octanol–water partition coefficient (Wildman–Crippen LogP) is 3.15. The molecule has 0 saturated carbocycles. The van der Waals surface area contributed by atoms with Gasteiger partial charge in [0.1, 0.15) is 11.6 Å². The van der Waals surface area contributed by atoms with Crippen LogP contribution in [0, 0.1) is 5.82 Å². The molecule has 0 aliphatic carbocycles. The number of halogens is 2. The van der Waals surface area contributed by atoms with Crippen LogP contribution in [-0.4, -0.2) is 21.1 Å². The summed E-state index contributed by atoms with van der Waals surface area (Å²) in [7, 11) is 0. The highest BCUT2D eigenvalue weighted by Crippen LogP contribution is 2.20. The third-order valence-electron chi connectivity index (χ3n) is 2.58. The van der Waals surface area contributed by atoms with Crippen molar-refractivity contribution in [3.8, 4) is 0 Å². The summed E-state index contributed by atoms with van der Waals surface area (Å²) in [6.07, 6.45) is 0. The van der Waals surface area contributed by atoms with Crippen molar-refractivity contribution in [3.05, 3.63) is 40.7 Å². The first kappa shape index (κ1) is 14.5. The van der Waals surface area contributed by atoms with Gasteiger partial charge in [-0.2, -0.15) is 0 Å². The summed E-state index contributed by atoms with van der Waals surface area (Å²) in [6, 6.07) is 4.00. The molecule has 106 valence electrons. The summed E-state index contributed by atoms with van der Waals surface area (Å²) in [5, 5.41) is 9.07. The fourth-order valence-corrected chi connectivity index (χ4v) is 1.58. The molecule has 2 aromatic rings. The number of amides is 1. The van der Waals surface area contributed by atoms with Crippen LogP contribution in [0.2, 0.25) is 5.02 Å². The molecule has 1 aromatic carbocycles. The van der Waals surface area contributed by atoms with Crippen molar-refractivity contribution in [2.75, 3.05) is 5.32 Å². The topological polar surface area (TPSA) is 70.7 Å². The normalized spacial score (nSPS) is 11.4. The molecule has 20 heavy (non-hydrogen) atoms. The van der Waals surface area contributed by atoms with Crippen LogP contribution >= 0.6 is 11.6 Å². The number of carbonyl (C=O) groups excluding carboxylic acids is 1. The minimum atomic E-state index is -0.602. The number of aromatic nitrogens is 3. The smallest absolute Gasteiger partial charge is 0.295 e. The van der Waals surface area contributed by atoms with Gasteiger partial charge in [-0.1, -0.05) is 32.4 Å². The lowest BCUT2D eigenvalue weighted by atomic mass is 9.96. The van der Waals surface area contributed by atoms with Crippen LogP contribution in [0.4, 0.5) is 10.1 Å². The highest BCUT2D eigenvalue weighted by Gasteiger charge is 2.21. The average Bonchev–Trinajstić information content (AvgIpc) is 2.83.